The highest BCUT2D eigenvalue weighted by Crippen LogP contribution is 2.27. The molecule has 5 nitrogen and oxygen atoms in total. The molecular formula is C23H21BrN4O. The molecule has 29 heavy (non-hydrogen) atoms. The lowest BCUT2D eigenvalue weighted by Crippen LogP contribution is -2.25. The lowest BCUT2D eigenvalue weighted by molar-refractivity contribution is 0.0954. The highest BCUT2D eigenvalue weighted by Gasteiger charge is 2.14. The van der Waals surface area contributed by atoms with Gasteiger partial charge in [0, 0.05) is 30.2 Å². The van der Waals surface area contributed by atoms with E-state index < -0.39 is 0 Å². The van der Waals surface area contributed by atoms with Gasteiger partial charge < -0.3 is 5.32 Å². The van der Waals surface area contributed by atoms with Crippen LogP contribution in [0.2, 0.25) is 0 Å². The lowest BCUT2D eigenvalue weighted by Gasteiger charge is -2.12. The summed E-state index contributed by atoms with van der Waals surface area (Å²) in [6.45, 7) is 3.38. The van der Waals surface area contributed by atoms with Crippen molar-refractivity contribution in [1.82, 2.24) is 20.1 Å². The third kappa shape index (κ3) is 4.38. The molecule has 146 valence electrons. The summed E-state index contributed by atoms with van der Waals surface area (Å²) in [7, 11) is 0. The Morgan fingerprint density at radius 2 is 1.93 bits per heavy atom. The van der Waals surface area contributed by atoms with E-state index in [4.69, 9.17) is 4.98 Å². The zero-order valence-corrected chi connectivity index (χ0v) is 17.7. The molecular weight excluding hydrogens is 428 g/mol. The molecule has 0 aliphatic heterocycles. The molecule has 4 aromatic rings. The van der Waals surface area contributed by atoms with E-state index in [1.807, 2.05) is 59.4 Å². The van der Waals surface area contributed by atoms with Gasteiger partial charge in [0.2, 0.25) is 0 Å². The summed E-state index contributed by atoms with van der Waals surface area (Å²) in [5.41, 5.74) is 4.45. The van der Waals surface area contributed by atoms with Gasteiger partial charge in [-0.2, -0.15) is 5.10 Å². The Balaban J connectivity index is 1.56. The predicted octanol–water partition coefficient (Wildman–Crippen LogP) is 4.99. The number of carbonyl (C=O) groups is 1. The van der Waals surface area contributed by atoms with Gasteiger partial charge in [-0.15, -0.1) is 0 Å². The third-order valence-corrected chi connectivity index (χ3v) is 5.24. The number of aryl methyl sites for hydroxylation is 2. The molecule has 0 aliphatic carbocycles. The van der Waals surface area contributed by atoms with Crippen LogP contribution in [0.1, 0.15) is 22.3 Å². The molecule has 0 saturated carbocycles. The minimum atomic E-state index is -0.0833. The van der Waals surface area contributed by atoms with Crippen LogP contribution in [-0.2, 0) is 6.54 Å². The smallest absolute Gasteiger partial charge is 0.252 e. The maximum absolute atomic E-state index is 13.0. The largest absolute Gasteiger partial charge is 0.352 e. The number of para-hydroxylation sites is 1. The van der Waals surface area contributed by atoms with Gasteiger partial charge in [0.15, 0.2) is 0 Å². The number of fused-ring (bicyclic) bond motifs is 1. The minimum Gasteiger partial charge on any atom is -0.352 e. The molecule has 1 amide bonds. The minimum absolute atomic E-state index is 0.0833. The summed E-state index contributed by atoms with van der Waals surface area (Å²) >= 11 is 3.39. The summed E-state index contributed by atoms with van der Waals surface area (Å²) in [6.07, 6.45) is 4.48. The number of nitrogens with zero attached hydrogens (tertiary/aromatic N) is 3. The van der Waals surface area contributed by atoms with Crippen LogP contribution in [0.25, 0.3) is 22.2 Å². The number of nitrogens with one attached hydrogen (secondary N) is 1. The Hall–Kier alpha value is -2.99. The van der Waals surface area contributed by atoms with Crippen LogP contribution >= 0.6 is 15.9 Å². The summed E-state index contributed by atoms with van der Waals surface area (Å²) in [5.74, 6) is -0.0833. The monoisotopic (exact) mass is 448 g/mol. The molecule has 0 spiro atoms. The number of pyridine rings is 1. The maximum atomic E-state index is 13.0. The van der Waals surface area contributed by atoms with Crippen LogP contribution in [-0.4, -0.2) is 27.2 Å². The number of hydrogen-bond donors (Lipinski definition) is 1. The Bertz CT molecular complexity index is 1170. The highest BCUT2D eigenvalue weighted by atomic mass is 79.9. The Morgan fingerprint density at radius 3 is 2.72 bits per heavy atom. The third-order valence-electron chi connectivity index (χ3n) is 4.83. The van der Waals surface area contributed by atoms with E-state index in [1.165, 1.54) is 0 Å². The normalized spacial score (nSPS) is 11.0. The van der Waals surface area contributed by atoms with Crippen molar-refractivity contribution in [2.24, 2.45) is 0 Å². The molecule has 0 unspecified atom stereocenters. The van der Waals surface area contributed by atoms with Crippen LogP contribution in [0, 0.1) is 6.92 Å². The SMILES string of the molecule is Cc1ccccc1-c1cc(C(=O)NCCCn2cc(Br)cn2)c2ccccc2n1. The molecule has 0 atom stereocenters. The van der Waals surface area contributed by atoms with Crippen LogP contribution in [0.15, 0.2) is 71.5 Å². The molecule has 4 rings (SSSR count). The van der Waals surface area contributed by atoms with Gasteiger partial charge in [-0.1, -0.05) is 42.5 Å². The van der Waals surface area contributed by atoms with E-state index in [1.54, 1.807) is 6.20 Å². The number of halogens is 1. The van der Waals surface area contributed by atoms with Crippen molar-refractivity contribution >= 4 is 32.7 Å². The zero-order chi connectivity index (χ0) is 20.2. The second-order valence-electron chi connectivity index (χ2n) is 6.92. The fourth-order valence-corrected chi connectivity index (χ4v) is 3.69. The second kappa shape index (κ2) is 8.57. The van der Waals surface area contributed by atoms with Crippen LogP contribution in [0.3, 0.4) is 0 Å². The molecule has 1 N–H and O–H groups in total. The van der Waals surface area contributed by atoms with Crippen molar-refractivity contribution in [3.05, 3.63) is 82.6 Å². The van der Waals surface area contributed by atoms with E-state index >= 15 is 0 Å². The number of rotatable bonds is 6. The average Bonchev–Trinajstić information content (AvgIpc) is 3.15. The van der Waals surface area contributed by atoms with Crippen LogP contribution < -0.4 is 5.32 Å². The number of aromatic nitrogens is 3. The van der Waals surface area contributed by atoms with Crippen molar-refractivity contribution < 1.29 is 4.79 Å². The number of hydrogen-bond acceptors (Lipinski definition) is 3. The zero-order valence-electron chi connectivity index (χ0n) is 16.1. The quantitative estimate of drug-likeness (QED) is 0.422. The first-order valence-corrected chi connectivity index (χ1v) is 10.3. The lowest BCUT2D eigenvalue weighted by atomic mass is 10.0. The van der Waals surface area contributed by atoms with E-state index in [0.29, 0.717) is 12.1 Å². The Labute approximate surface area is 177 Å². The van der Waals surface area contributed by atoms with Crippen molar-refractivity contribution in [3.63, 3.8) is 0 Å². The van der Waals surface area contributed by atoms with Gasteiger partial charge in [0.05, 0.1) is 27.4 Å². The second-order valence-corrected chi connectivity index (χ2v) is 7.83. The van der Waals surface area contributed by atoms with Gasteiger partial charge in [0.25, 0.3) is 5.91 Å². The fraction of sp³-hybridized carbons (Fsp3) is 0.174. The molecule has 0 saturated heterocycles. The van der Waals surface area contributed by atoms with Gasteiger partial charge in [-0.25, -0.2) is 4.98 Å². The van der Waals surface area contributed by atoms with Crippen molar-refractivity contribution in [2.75, 3.05) is 6.54 Å². The van der Waals surface area contributed by atoms with Crippen LogP contribution in [0.5, 0.6) is 0 Å². The molecule has 0 fully saturated rings. The molecule has 6 heteroatoms. The van der Waals surface area contributed by atoms with Gasteiger partial charge >= 0.3 is 0 Å². The number of carbonyl (C=O) groups excluding carboxylic acids is 1. The van der Waals surface area contributed by atoms with Crippen molar-refractivity contribution in [1.29, 1.82) is 0 Å². The van der Waals surface area contributed by atoms with Gasteiger partial charge in [0.1, 0.15) is 0 Å². The summed E-state index contributed by atoms with van der Waals surface area (Å²) in [5, 5.41) is 8.14. The first-order chi connectivity index (χ1) is 14.1. The molecule has 2 aromatic carbocycles. The van der Waals surface area contributed by atoms with Crippen LogP contribution in [0.4, 0.5) is 0 Å². The topological polar surface area (TPSA) is 59.8 Å². The molecule has 2 heterocycles. The molecule has 0 bridgehead atoms. The number of amides is 1. The van der Waals surface area contributed by atoms with Gasteiger partial charge in [-0.3, -0.25) is 9.48 Å². The maximum Gasteiger partial charge on any atom is 0.252 e. The van der Waals surface area contributed by atoms with E-state index in [0.717, 1.165) is 45.2 Å². The first-order valence-electron chi connectivity index (χ1n) is 9.54. The Morgan fingerprint density at radius 1 is 1.14 bits per heavy atom. The molecule has 0 aliphatic rings. The summed E-state index contributed by atoms with van der Waals surface area (Å²) in [4.78, 5) is 17.8. The fourth-order valence-electron chi connectivity index (χ4n) is 3.36. The first kappa shape index (κ1) is 19.3. The van der Waals surface area contributed by atoms with Crippen molar-refractivity contribution in [2.45, 2.75) is 19.9 Å². The van der Waals surface area contributed by atoms with E-state index in [9.17, 15) is 4.79 Å². The standard InChI is InChI=1S/C23H21BrN4O/c1-16-7-2-3-8-18(16)22-13-20(19-9-4-5-10-21(19)27-22)23(29)25-11-6-12-28-15-17(24)14-26-28/h2-5,7-10,13-15H,6,11-12H2,1H3,(H,25,29). The molecule has 0 radical (unpaired) electrons. The van der Waals surface area contributed by atoms with Crippen molar-refractivity contribution in [3.8, 4) is 11.3 Å². The summed E-state index contributed by atoms with van der Waals surface area (Å²) < 4.78 is 2.81. The molecule has 2 aromatic heterocycles. The highest BCUT2D eigenvalue weighted by molar-refractivity contribution is 9.10. The predicted molar refractivity (Wildman–Crippen MR) is 119 cm³/mol. The van der Waals surface area contributed by atoms with Gasteiger partial charge in [-0.05, 0) is 47.0 Å². The average molecular weight is 449 g/mol. The Kier molecular flexibility index (Phi) is 5.71. The number of benzene rings is 2. The van der Waals surface area contributed by atoms with E-state index in [2.05, 4.69) is 39.3 Å². The summed E-state index contributed by atoms with van der Waals surface area (Å²) in [6, 6.07) is 17.8. The van der Waals surface area contributed by atoms with E-state index in [-0.39, 0.29) is 5.91 Å².